The molecule has 0 spiro atoms. The molecule has 0 saturated heterocycles. The van der Waals surface area contributed by atoms with E-state index in [1.807, 2.05) is 24.3 Å². The zero-order chi connectivity index (χ0) is 18.7. The second kappa shape index (κ2) is 7.58. The maximum absolute atomic E-state index is 13.0. The normalized spacial score (nSPS) is 10.8. The number of alkyl halides is 2. The van der Waals surface area contributed by atoms with Crippen molar-refractivity contribution in [3.05, 3.63) is 71.5 Å². The molecule has 0 saturated carbocycles. The summed E-state index contributed by atoms with van der Waals surface area (Å²) in [5.41, 5.74) is 1.75. The fourth-order valence-electron chi connectivity index (χ4n) is 2.54. The van der Waals surface area contributed by atoms with Crippen LogP contribution >= 0.6 is 11.6 Å². The van der Waals surface area contributed by atoms with E-state index in [4.69, 9.17) is 16.3 Å². The van der Waals surface area contributed by atoms with Gasteiger partial charge in [0.05, 0.1) is 11.3 Å². The number of hydrogen-bond acceptors (Lipinski definition) is 2. The predicted octanol–water partition coefficient (Wildman–Crippen LogP) is 5.89. The Morgan fingerprint density at radius 1 is 1.12 bits per heavy atom. The Morgan fingerprint density at radius 2 is 1.81 bits per heavy atom. The molecule has 134 valence electrons. The largest absolute Gasteiger partial charge is 0.417 e. The first kappa shape index (κ1) is 17.9. The maximum atomic E-state index is 13.0. The van der Waals surface area contributed by atoms with Crippen LogP contribution in [0.3, 0.4) is 0 Å². The minimum atomic E-state index is -2.74. The Balaban J connectivity index is 1.81. The van der Waals surface area contributed by atoms with Crippen molar-refractivity contribution < 1.29 is 18.3 Å². The van der Waals surface area contributed by atoms with E-state index < -0.39 is 12.5 Å². The van der Waals surface area contributed by atoms with Crippen molar-refractivity contribution in [2.24, 2.45) is 7.05 Å². The van der Waals surface area contributed by atoms with Crippen LogP contribution in [0.4, 0.5) is 19.3 Å². The summed E-state index contributed by atoms with van der Waals surface area (Å²) in [6, 6.07) is 14.2. The molecular weight excluding hydrogens is 362 g/mol. The summed E-state index contributed by atoms with van der Waals surface area (Å²) in [5.74, 6) is -0.177. The lowest BCUT2D eigenvalue weighted by molar-refractivity contribution is 0.147. The van der Waals surface area contributed by atoms with Crippen molar-refractivity contribution in [2.45, 2.75) is 6.43 Å². The van der Waals surface area contributed by atoms with Gasteiger partial charge in [-0.1, -0.05) is 41.9 Å². The first-order valence-electron chi connectivity index (χ1n) is 7.72. The molecule has 0 radical (unpaired) electrons. The molecular formula is C19H15ClF2N2O2. The van der Waals surface area contributed by atoms with Crippen molar-refractivity contribution >= 4 is 23.4 Å². The molecule has 7 heteroatoms. The average Bonchev–Trinajstić information content (AvgIpc) is 2.96. The monoisotopic (exact) mass is 376 g/mol. The van der Waals surface area contributed by atoms with Gasteiger partial charge in [-0.25, -0.2) is 13.6 Å². The molecule has 1 amide bonds. The number of nitrogens with zero attached hydrogens (tertiary/aromatic N) is 1. The van der Waals surface area contributed by atoms with Gasteiger partial charge in [-0.05, 0) is 23.8 Å². The summed E-state index contributed by atoms with van der Waals surface area (Å²) in [4.78, 5) is 12.2. The van der Waals surface area contributed by atoms with E-state index in [2.05, 4.69) is 5.32 Å². The number of aryl methyl sites for hydroxylation is 1. The van der Waals surface area contributed by atoms with Gasteiger partial charge >= 0.3 is 6.09 Å². The fourth-order valence-corrected chi connectivity index (χ4v) is 2.66. The van der Waals surface area contributed by atoms with Gasteiger partial charge in [-0.15, -0.1) is 0 Å². The minimum absolute atomic E-state index is 0.177. The van der Waals surface area contributed by atoms with Gasteiger partial charge in [0.15, 0.2) is 5.75 Å². The summed E-state index contributed by atoms with van der Waals surface area (Å²) in [6.45, 7) is 0. The second-order valence-corrected chi connectivity index (χ2v) is 6.05. The van der Waals surface area contributed by atoms with Gasteiger partial charge in [-0.2, -0.15) is 0 Å². The molecule has 3 rings (SSSR count). The third-order valence-corrected chi connectivity index (χ3v) is 3.96. The number of rotatable bonds is 4. The average molecular weight is 377 g/mol. The molecule has 4 nitrogen and oxygen atoms in total. The molecule has 0 bridgehead atoms. The van der Waals surface area contributed by atoms with E-state index in [0.29, 0.717) is 10.7 Å². The highest BCUT2D eigenvalue weighted by Gasteiger charge is 2.19. The molecule has 1 heterocycles. The SMILES string of the molecule is Cn1cc(OC(=O)Nc2ccccc2-c2ccc(Cl)cc2)c(C(F)F)c1. The molecule has 0 aliphatic heterocycles. The van der Waals surface area contributed by atoms with Crippen LogP contribution in [-0.4, -0.2) is 10.7 Å². The van der Waals surface area contributed by atoms with Gasteiger partial charge in [0, 0.05) is 30.0 Å². The molecule has 3 aromatic rings. The summed E-state index contributed by atoms with van der Waals surface area (Å²) in [6.07, 6.45) is -1.04. The number of ether oxygens (including phenoxy) is 1. The van der Waals surface area contributed by atoms with Gasteiger partial charge in [0.2, 0.25) is 0 Å². The number of para-hydroxylation sites is 1. The number of anilines is 1. The molecule has 2 aromatic carbocycles. The Kier molecular flexibility index (Phi) is 5.23. The van der Waals surface area contributed by atoms with Crippen molar-refractivity contribution in [1.82, 2.24) is 4.57 Å². The standard InChI is InChI=1S/C19H15ClF2N2O2/c1-24-10-15(18(21)22)17(11-24)26-19(25)23-16-5-3-2-4-14(16)12-6-8-13(20)9-7-12/h2-11,18H,1H3,(H,23,25). The van der Waals surface area contributed by atoms with E-state index in [-0.39, 0.29) is 11.3 Å². The number of nitrogens with one attached hydrogen (secondary N) is 1. The summed E-state index contributed by atoms with van der Waals surface area (Å²) in [7, 11) is 1.58. The Morgan fingerprint density at radius 3 is 2.50 bits per heavy atom. The molecule has 1 aromatic heterocycles. The Bertz CT molecular complexity index is 924. The lowest BCUT2D eigenvalue weighted by atomic mass is 10.0. The number of carbonyl (C=O) groups excluding carboxylic acids is 1. The highest BCUT2D eigenvalue weighted by molar-refractivity contribution is 6.30. The molecule has 0 atom stereocenters. The van der Waals surface area contributed by atoms with Crippen LogP contribution in [0.15, 0.2) is 60.9 Å². The molecule has 0 fully saturated rings. The Hall–Kier alpha value is -2.86. The van der Waals surface area contributed by atoms with E-state index >= 15 is 0 Å². The number of amides is 1. The third kappa shape index (κ3) is 4.03. The zero-order valence-electron chi connectivity index (χ0n) is 13.7. The van der Waals surface area contributed by atoms with Crippen LogP contribution in [-0.2, 0) is 7.05 Å². The smallest absolute Gasteiger partial charge is 0.408 e. The van der Waals surface area contributed by atoms with Gasteiger partial charge in [-0.3, -0.25) is 5.32 Å². The topological polar surface area (TPSA) is 43.3 Å². The van der Waals surface area contributed by atoms with E-state index in [1.54, 1.807) is 31.3 Å². The van der Waals surface area contributed by atoms with Crippen LogP contribution in [0, 0.1) is 0 Å². The second-order valence-electron chi connectivity index (χ2n) is 5.61. The summed E-state index contributed by atoms with van der Waals surface area (Å²) in [5, 5.41) is 3.20. The van der Waals surface area contributed by atoms with Crippen molar-refractivity contribution in [3.8, 4) is 16.9 Å². The van der Waals surface area contributed by atoms with Crippen molar-refractivity contribution in [1.29, 1.82) is 0 Å². The number of aromatic nitrogens is 1. The van der Waals surface area contributed by atoms with E-state index in [1.165, 1.54) is 17.0 Å². The van der Waals surface area contributed by atoms with Crippen molar-refractivity contribution in [3.63, 3.8) is 0 Å². The predicted molar refractivity (Wildman–Crippen MR) is 96.9 cm³/mol. The van der Waals surface area contributed by atoms with Crippen LogP contribution in [0.2, 0.25) is 5.02 Å². The first-order chi connectivity index (χ1) is 12.4. The van der Waals surface area contributed by atoms with Crippen molar-refractivity contribution in [2.75, 3.05) is 5.32 Å². The maximum Gasteiger partial charge on any atom is 0.417 e. The lowest BCUT2D eigenvalue weighted by Crippen LogP contribution is -2.17. The number of halogens is 3. The summed E-state index contributed by atoms with van der Waals surface area (Å²) < 4.78 is 32.5. The highest BCUT2D eigenvalue weighted by Crippen LogP contribution is 2.31. The lowest BCUT2D eigenvalue weighted by Gasteiger charge is -2.12. The van der Waals surface area contributed by atoms with E-state index in [0.717, 1.165) is 11.1 Å². The van der Waals surface area contributed by atoms with Gasteiger partial charge in [0.25, 0.3) is 6.43 Å². The number of hydrogen-bond donors (Lipinski definition) is 1. The van der Waals surface area contributed by atoms with Crippen LogP contribution in [0.1, 0.15) is 12.0 Å². The first-order valence-corrected chi connectivity index (χ1v) is 8.09. The third-order valence-electron chi connectivity index (χ3n) is 3.70. The summed E-state index contributed by atoms with van der Waals surface area (Å²) >= 11 is 5.90. The number of benzene rings is 2. The minimum Gasteiger partial charge on any atom is -0.408 e. The van der Waals surface area contributed by atoms with Gasteiger partial charge in [0.1, 0.15) is 0 Å². The number of carbonyl (C=O) groups is 1. The molecule has 0 aliphatic rings. The highest BCUT2D eigenvalue weighted by atomic mass is 35.5. The molecule has 0 aliphatic carbocycles. The quantitative estimate of drug-likeness (QED) is 0.616. The molecule has 1 N–H and O–H groups in total. The van der Waals surface area contributed by atoms with E-state index in [9.17, 15) is 13.6 Å². The molecule has 26 heavy (non-hydrogen) atoms. The zero-order valence-corrected chi connectivity index (χ0v) is 14.5. The van der Waals surface area contributed by atoms with Crippen LogP contribution in [0.5, 0.6) is 5.75 Å². The fraction of sp³-hybridized carbons (Fsp3) is 0.105. The Labute approximate surface area is 154 Å². The van der Waals surface area contributed by atoms with Crippen LogP contribution in [0.25, 0.3) is 11.1 Å². The van der Waals surface area contributed by atoms with Gasteiger partial charge < -0.3 is 9.30 Å². The molecule has 0 unspecified atom stereocenters. The van der Waals surface area contributed by atoms with Crippen LogP contribution < -0.4 is 10.1 Å².